The summed E-state index contributed by atoms with van der Waals surface area (Å²) < 4.78 is 0. The third-order valence-corrected chi connectivity index (χ3v) is 4.20. The lowest BCUT2D eigenvalue weighted by Crippen LogP contribution is -2.32. The fourth-order valence-electron chi connectivity index (χ4n) is 2.61. The van der Waals surface area contributed by atoms with Crippen LogP contribution >= 0.6 is 0 Å². The molecule has 142 valence electrons. The average Bonchev–Trinajstić information content (AvgIpc) is 2.67. The van der Waals surface area contributed by atoms with Gasteiger partial charge < -0.3 is 10.6 Å². The van der Waals surface area contributed by atoms with Gasteiger partial charge in [-0.3, -0.25) is 19.7 Å². The third kappa shape index (κ3) is 5.91. The Labute approximate surface area is 157 Å². The van der Waals surface area contributed by atoms with Crippen molar-refractivity contribution in [1.82, 2.24) is 10.6 Å². The summed E-state index contributed by atoms with van der Waals surface area (Å²) in [7, 11) is 0. The number of nitrogens with zero attached hydrogens (tertiary/aromatic N) is 1. The highest BCUT2D eigenvalue weighted by molar-refractivity contribution is 5.94. The number of hydrogen-bond donors (Lipinski definition) is 2. The molecule has 0 aliphatic rings. The minimum absolute atomic E-state index is 0.0662. The number of carbonyl (C=O) groups is 2. The molecule has 0 fully saturated rings. The van der Waals surface area contributed by atoms with Crippen molar-refractivity contribution < 1.29 is 14.5 Å². The van der Waals surface area contributed by atoms with Crippen molar-refractivity contribution in [2.75, 3.05) is 6.54 Å². The van der Waals surface area contributed by atoms with Crippen molar-refractivity contribution in [1.29, 1.82) is 0 Å². The van der Waals surface area contributed by atoms with Crippen molar-refractivity contribution in [2.24, 2.45) is 0 Å². The highest BCUT2D eigenvalue weighted by Crippen LogP contribution is 2.17. The summed E-state index contributed by atoms with van der Waals surface area (Å²) in [4.78, 5) is 34.3. The number of carbonyl (C=O) groups excluding carboxylic acids is 2. The molecular weight excluding hydrogens is 346 g/mol. The minimum atomic E-state index is -0.524. The van der Waals surface area contributed by atoms with E-state index in [-0.39, 0.29) is 36.5 Å². The number of rotatable bonds is 8. The van der Waals surface area contributed by atoms with Crippen molar-refractivity contribution in [2.45, 2.75) is 32.7 Å². The molecule has 7 nitrogen and oxygen atoms in total. The Morgan fingerprint density at radius 1 is 1.07 bits per heavy atom. The monoisotopic (exact) mass is 369 g/mol. The van der Waals surface area contributed by atoms with Crippen molar-refractivity contribution in [3.8, 4) is 0 Å². The molecule has 2 aromatic rings. The van der Waals surface area contributed by atoms with E-state index in [0.29, 0.717) is 5.56 Å². The smallest absolute Gasteiger partial charge is 0.269 e. The molecule has 0 aliphatic carbocycles. The van der Waals surface area contributed by atoms with Gasteiger partial charge in [-0.25, -0.2) is 0 Å². The quantitative estimate of drug-likeness (QED) is 0.551. The molecular formula is C20H23N3O4. The van der Waals surface area contributed by atoms with Gasteiger partial charge in [-0.2, -0.15) is 0 Å². The molecule has 0 saturated carbocycles. The van der Waals surface area contributed by atoms with Crippen LogP contribution in [0.15, 0.2) is 48.5 Å². The summed E-state index contributed by atoms with van der Waals surface area (Å²) in [5.74, 6) is -0.519. The SMILES string of the molecule is CC[C@H](NC(=O)CCNC(=O)c1ccc([N+](=O)[O-])cc1)c1ccc(C)cc1. The molecule has 0 aromatic heterocycles. The van der Waals surface area contributed by atoms with Gasteiger partial charge in [0.2, 0.25) is 5.91 Å². The highest BCUT2D eigenvalue weighted by atomic mass is 16.6. The number of amides is 2. The Kier molecular flexibility index (Phi) is 7.05. The molecule has 2 aromatic carbocycles. The van der Waals surface area contributed by atoms with Crippen molar-refractivity contribution in [3.05, 3.63) is 75.3 Å². The Bertz CT molecular complexity index is 801. The summed E-state index contributed by atoms with van der Waals surface area (Å²) in [6.45, 7) is 4.20. The van der Waals surface area contributed by atoms with Gasteiger partial charge in [0.1, 0.15) is 0 Å². The van der Waals surface area contributed by atoms with Crippen LogP contribution in [-0.4, -0.2) is 23.3 Å². The van der Waals surface area contributed by atoms with E-state index in [1.165, 1.54) is 24.3 Å². The topological polar surface area (TPSA) is 101 Å². The standard InChI is InChI=1S/C20H23N3O4/c1-3-18(15-6-4-14(2)5-7-15)22-19(24)12-13-21-20(25)16-8-10-17(11-9-16)23(26)27/h4-11,18H,3,12-13H2,1-2H3,(H,21,25)(H,22,24)/t18-/m0/s1. The van der Waals surface area contributed by atoms with Gasteiger partial charge in [0.05, 0.1) is 11.0 Å². The van der Waals surface area contributed by atoms with Crippen LogP contribution in [0.4, 0.5) is 5.69 Å². The molecule has 0 bridgehead atoms. The molecule has 0 heterocycles. The number of non-ortho nitro benzene ring substituents is 1. The summed E-state index contributed by atoms with van der Waals surface area (Å²) in [6.07, 6.45) is 0.922. The van der Waals surface area contributed by atoms with Crippen LogP contribution in [0.25, 0.3) is 0 Å². The number of nitro benzene ring substituents is 1. The lowest BCUT2D eigenvalue weighted by molar-refractivity contribution is -0.384. The Balaban J connectivity index is 1.81. The zero-order valence-corrected chi connectivity index (χ0v) is 15.4. The first-order valence-electron chi connectivity index (χ1n) is 8.79. The first-order chi connectivity index (χ1) is 12.9. The second-order valence-corrected chi connectivity index (χ2v) is 6.25. The Morgan fingerprint density at radius 3 is 2.26 bits per heavy atom. The largest absolute Gasteiger partial charge is 0.352 e. The number of aryl methyl sites for hydroxylation is 1. The lowest BCUT2D eigenvalue weighted by atomic mass is 10.0. The van der Waals surface area contributed by atoms with Gasteiger partial charge in [0.25, 0.3) is 11.6 Å². The van der Waals surface area contributed by atoms with Gasteiger partial charge in [0.15, 0.2) is 0 Å². The number of hydrogen-bond acceptors (Lipinski definition) is 4. The Morgan fingerprint density at radius 2 is 1.70 bits per heavy atom. The van der Waals surface area contributed by atoms with E-state index in [2.05, 4.69) is 10.6 Å². The lowest BCUT2D eigenvalue weighted by Gasteiger charge is -2.18. The summed E-state index contributed by atoms with van der Waals surface area (Å²) in [5.41, 5.74) is 2.44. The van der Waals surface area contributed by atoms with Crippen LogP contribution < -0.4 is 10.6 Å². The summed E-state index contributed by atoms with van der Waals surface area (Å²) in [6, 6.07) is 13.3. The molecule has 2 amide bonds. The zero-order valence-electron chi connectivity index (χ0n) is 15.4. The van der Waals surface area contributed by atoms with E-state index in [0.717, 1.165) is 17.5 Å². The molecule has 2 rings (SSSR count). The van der Waals surface area contributed by atoms with Crippen LogP contribution in [0, 0.1) is 17.0 Å². The van der Waals surface area contributed by atoms with Crippen molar-refractivity contribution >= 4 is 17.5 Å². The fraction of sp³-hybridized carbons (Fsp3) is 0.300. The second-order valence-electron chi connectivity index (χ2n) is 6.25. The molecule has 7 heteroatoms. The van der Waals surface area contributed by atoms with Crippen LogP contribution in [-0.2, 0) is 4.79 Å². The molecule has 1 atom stereocenters. The minimum Gasteiger partial charge on any atom is -0.352 e. The van der Waals surface area contributed by atoms with E-state index >= 15 is 0 Å². The predicted octanol–water partition coefficient (Wildman–Crippen LogP) is 3.29. The van der Waals surface area contributed by atoms with E-state index in [4.69, 9.17) is 0 Å². The fourth-order valence-corrected chi connectivity index (χ4v) is 2.61. The predicted molar refractivity (Wildman–Crippen MR) is 102 cm³/mol. The molecule has 0 radical (unpaired) electrons. The number of benzene rings is 2. The van der Waals surface area contributed by atoms with Crippen LogP contribution in [0.5, 0.6) is 0 Å². The molecule has 0 aliphatic heterocycles. The zero-order chi connectivity index (χ0) is 19.8. The first-order valence-corrected chi connectivity index (χ1v) is 8.79. The molecule has 0 saturated heterocycles. The van der Waals surface area contributed by atoms with E-state index in [9.17, 15) is 19.7 Å². The average molecular weight is 369 g/mol. The van der Waals surface area contributed by atoms with Gasteiger partial charge in [-0.15, -0.1) is 0 Å². The van der Waals surface area contributed by atoms with Gasteiger partial charge in [0, 0.05) is 30.7 Å². The third-order valence-electron chi connectivity index (χ3n) is 4.20. The van der Waals surface area contributed by atoms with E-state index in [1.54, 1.807) is 0 Å². The second kappa shape index (κ2) is 9.47. The van der Waals surface area contributed by atoms with Crippen LogP contribution in [0.1, 0.15) is 47.3 Å². The maximum Gasteiger partial charge on any atom is 0.269 e. The van der Waals surface area contributed by atoms with E-state index < -0.39 is 4.92 Å². The maximum atomic E-state index is 12.2. The van der Waals surface area contributed by atoms with Crippen molar-refractivity contribution in [3.63, 3.8) is 0 Å². The normalized spacial score (nSPS) is 11.5. The van der Waals surface area contributed by atoms with Gasteiger partial charge >= 0.3 is 0 Å². The van der Waals surface area contributed by atoms with Crippen LogP contribution in [0.2, 0.25) is 0 Å². The Hall–Kier alpha value is -3.22. The van der Waals surface area contributed by atoms with Crippen LogP contribution in [0.3, 0.4) is 0 Å². The molecule has 0 spiro atoms. The van der Waals surface area contributed by atoms with E-state index in [1.807, 2.05) is 38.1 Å². The maximum absolute atomic E-state index is 12.2. The molecule has 2 N–H and O–H groups in total. The summed E-state index contributed by atoms with van der Waals surface area (Å²) in [5, 5.41) is 16.2. The van der Waals surface area contributed by atoms with Gasteiger partial charge in [-0.1, -0.05) is 36.8 Å². The molecule has 0 unspecified atom stereocenters. The summed E-state index contributed by atoms with van der Waals surface area (Å²) >= 11 is 0. The number of nitro groups is 1. The first kappa shape index (κ1) is 20.1. The highest BCUT2D eigenvalue weighted by Gasteiger charge is 2.13. The number of nitrogens with one attached hydrogen (secondary N) is 2. The van der Waals surface area contributed by atoms with Gasteiger partial charge in [-0.05, 0) is 31.0 Å². The molecule has 27 heavy (non-hydrogen) atoms.